The third-order valence-electron chi connectivity index (χ3n) is 1.35. The SMILES string of the molecule is CC1(C)CCC(=N)S1.Cl. The quantitative estimate of drug-likeness (QED) is 0.587. The van der Waals surface area contributed by atoms with Crippen LogP contribution in [-0.2, 0) is 0 Å². The Kier molecular flexibility index (Phi) is 3.03. The molecule has 0 aromatic rings. The van der Waals surface area contributed by atoms with Crippen molar-refractivity contribution in [1.29, 1.82) is 5.41 Å². The van der Waals surface area contributed by atoms with E-state index in [1.165, 1.54) is 6.42 Å². The molecule has 1 fully saturated rings. The van der Waals surface area contributed by atoms with E-state index >= 15 is 0 Å². The van der Waals surface area contributed by atoms with Gasteiger partial charge < -0.3 is 0 Å². The maximum absolute atomic E-state index is 7.27. The minimum absolute atomic E-state index is 0. The zero-order chi connectivity index (χ0) is 6.20. The summed E-state index contributed by atoms with van der Waals surface area (Å²) in [5.41, 5.74) is 0. The maximum atomic E-state index is 7.27. The Morgan fingerprint density at radius 1 is 1.56 bits per heavy atom. The van der Waals surface area contributed by atoms with Crippen molar-refractivity contribution in [2.45, 2.75) is 31.4 Å². The van der Waals surface area contributed by atoms with Crippen LogP contribution in [-0.4, -0.2) is 9.79 Å². The average molecular weight is 166 g/mol. The topological polar surface area (TPSA) is 23.9 Å². The van der Waals surface area contributed by atoms with E-state index in [9.17, 15) is 0 Å². The lowest BCUT2D eigenvalue weighted by Gasteiger charge is -2.12. The minimum Gasteiger partial charge on any atom is -0.298 e. The molecule has 0 aromatic heterocycles. The number of thioether (sulfide) groups is 1. The Morgan fingerprint density at radius 3 is 2.22 bits per heavy atom. The van der Waals surface area contributed by atoms with Crippen LogP contribution in [0.3, 0.4) is 0 Å². The molecule has 9 heavy (non-hydrogen) atoms. The zero-order valence-electron chi connectivity index (χ0n) is 5.73. The molecule has 0 amide bonds. The van der Waals surface area contributed by atoms with Crippen LogP contribution >= 0.6 is 24.2 Å². The molecule has 1 aliphatic heterocycles. The summed E-state index contributed by atoms with van der Waals surface area (Å²) >= 11 is 1.71. The van der Waals surface area contributed by atoms with Crippen LogP contribution in [0, 0.1) is 5.41 Å². The van der Waals surface area contributed by atoms with E-state index in [2.05, 4.69) is 13.8 Å². The Morgan fingerprint density at radius 2 is 2.11 bits per heavy atom. The van der Waals surface area contributed by atoms with Gasteiger partial charge in [-0.05, 0) is 12.8 Å². The van der Waals surface area contributed by atoms with Gasteiger partial charge >= 0.3 is 0 Å². The van der Waals surface area contributed by atoms with E-state index in [1.807, 2.05) is 0 Å². The first-order valence-corrected chi connectivity index (χ1v) is 3.68. The van der Waals surface area contributed by atoms with Crippen LogP contribution in [0.1, 0.15) is 26.7 Å². The highest BCUT2D eigenvalue weighted by atomic mass is 35.5. The summed E-state index contributed by atoms with van der Waals surface area (Å²) in [5.74, 6) is 0. The normalized spacial score (nSPS) is 23.6. The van der Waals surface area contributed by atoms with Gasteiger partial charge in [0.2, 0.25) is 0 Å². The molecule has 1 rings (SSSR count). The number of rotatable bonds is 0. The van der Waals surface area contributed by atoms with E-state index < -0.39 is 0 Å². The minimum atomic E-state index is 0. The van der Waals surface area contributed by atoms with Crippen molar-refractivity contribution >= 4 is 29.2 Å². The summed E-state index contributed by atoms with van der Waals surface area (Å²) in [6.45, 7) is 4.39. The van der Waals surface area contributed by atoms with E-state index in [0.717, 1.165) is 11.5 Å². The van der Waals surface area contributed by atoms with Crippen molar-refractivity contribution in [1.82, 2.24) is 0 Å². The fourth-order valence-electron chi connectivity index (χ4n) is 0.850. The monoisotopic (exact) mass is 165 g/mol. The molecule has 0 radical (unpaired) electrons. The Labute approximate surface area is 66.5 Å². The molecule has 0 bridgehead atoms. The lowest BCUT2D eigenvalue weighted by Crippen LogP contribution is -2.07. The van der Waals surface area contributed by atoms with Crippen LogP contribution in [0.15, 0.2) is 0 Å². The molecule has 0 aliphatic carbocycles. The van der Waals surface area contributed by atoms with Crippen LogP contribution in [0.4, 0.5) is 0 Å². The van der Waals surface area contributed by atoms with Crippen molar-refractivity contribution in [3.63, 3.8) is 0 Å². The van der Waals surface area contributed by atoms with Crippen LogP contribution in [0.5, 0.6) is 0 Å². The van der Waals surface area contributed by atoms with Gasteiger partial charge in [-0.3, -0.25) is 5.41 Å². The van der Waals surface area contributed by atoms with E-state index in [0.29, 0.717) is 4.75 Å². The molecule has 0 aromatic carbocycles. The average Bonchev–Trinajstić information content (AvgIpc) is 1.82. The molecule has 54 valence electrons. The molecule has 0 spiro atoms. The van der Waals surface area contributed by atoms with Gasteiger partial charge in [-0.2, -0.15) is 0 Å². The molecule has 1 heterocycles. The molecule has 0 atom stereocenters. The second kappa shape index (κ2) is 2.93. The number of hydrogen-bond acceptors (Lipinski definition) is 2. The van der Waals surface area contributed by atoms with Crippen molar-refractivity contribution in [3.05, 3.63) is 0 Å². The summed E-state index contributed by atoms with van der Waals surface area (Å²) in [5, 5.41) is 8.12. The van der Waals surface area contributed by atoms with Gasteiger partial charge in [-0.1, -0.05) is 13.8 Å². The van der Waals surface area contributed by atoms with Crippen molar-refractivity contribution in [2.24, 2.45) is 0 Å². The first kappa shape index (κ1) is 9.31. The standard InChI is InChI=1S/C6H11NS.ClH/c1-6(2)4-3-5(7)8-6;/h7H,3-4H2,1-2H3;1H. The van der Waals surface area contributed by atoms with Gasteiger partial charge in [-0.15, -0.1) is 24.2 Å². The Balaban J connectivity index is 0.000000640. The molecule has 1 saturated heterocycles. The summed E-state index contributed by atoms with van der Waals surface area (Å²) in [6.07, 6.45) is 2.17. The van der Waals surface area contributed by atoms with Gasteiger partial charge in [-0.25, -0.2) is 0 Å². The zero-order valence-corrected chi connectivity index (χ0v) is 7.36. The predicted octanol–water partition coefficient (Wildman–Crippen LogP) is 2.69. The van der Waals surface area contributed by atoms with Crippen molar-refractivity contribution in [2.75, 3.05) is 0 Å². The summed E-state index contributed by atoms with van der Waals surface area (Å²) in [7, 11) is 0. The third-order valence-corrected chi connectivity index (χ3v) is 2.56. The van der Waals surface area contributed by atoms with Crippen LogP contribution in [0.25, 0.3) is 0 Å². The molecule has 1 nitrogen and oxygen atoms in total. The molecular weight excluding hydrogens is 154 g/mol. The lowest BCUT2D eigenvalue weighted by molar-refractivity contribution is 0.680. The predicted molar refractivity (Wildman–Crippen MR) is 45.9 cm³/mol. The smallest absolute Gasteiger partial charge is 0.0647 e. The molecule has 3 heteroatoms. The second-order valence-electron chi connectivity index (χ2n) is 2.78. The molecule has 0 unspecified atom stereocenters. The van der Waals surface area contributed by atoms with Gasteiger partial charge in [0.15, 0.2) is 0 Å². The Bertz CT molecular complexity index is 122. The van der Waals surface area contributed by atoms with E-state index in [4.69, 9.17) is 5.41 Å². The van der Waals surface area contributed by atoms with E-state index in [1.54, 1.807) is 11.8 Å². The van der Waals surface area contributed by atoms with Gasteiger partial charge in [0.05, 0.1) is 5.04 Å². The first-order valence-electron chi connectivity index (χ1n) is 2.87. The Hall–Kier alpha value is 0.310. The van der Waals surface area contributed by atoms with Crippen molar-refractivity contribution < 1.29 is 0 Å². The fraction of sp³-hybridized carbons (Fsp3) is 0.833. The first-order chi connectivity index (χ1) is 3.60. The van der Waals surface area contributed by atoms with Gasteiger partial charge in [0, 0.05) is 4.75 Å². The summed E-state index contributed by atoms with van der Waals surface area (Å²) in [6, 6.07) is 0. The molecular formula is C6H12ClNS. The second-order valence-corrected chi connectivity index (χ2v) is 4.59. The maximum Gasteiger partial charge on any atom is 0.0647 e. The lowest BCUT2D eigenvalue weighted by atomic mass is 10.1. The fourth-order valence-corrected chi connectivity index (χ4v) is 1.93. The summed E-state index contributed by atoms with van der Waals surface area (Å²) in [4.78, 5) is 0. The number of halogens is 1. The number of hydrogen-bond donors (Lipinski definition) is 1. The van der Waals surface area contributed by atoms with Crippen LogP contribution in [0.2, 0.25) is 0 Å². The summed E-state index contributed by atoms with van der Waals surface area (Å²) < 4.78 is 0.358. The number of nitrogens with one attached hydrogen (secondary N) is 1. The molecule has 1 aliphatic rings. The highest BCUT2D eigenvalue weighted by molar-refractivity contribution is 8.15. The van der Waals surface area contributed by atoms with Crippen LogP contribution < -0.4 is 0 Å². The highest BCUT2D eigenvalue weighted by Crippen LogP contribution is 2.38. The van der Waals surface area contributed by atoms with Crippen molar-refractivity contribution in [3.8, 4) is 0 Å². The molecule has 0 saturated carbocycles. The third kappa shape index (κ3) is 2.59. The highest BCUT2D eigenvalue weighted by Gasteiger charge is 2.27. The molecule has 1 N–H and O–H groups in total. The largest absolute Gasteiger partial charge is 0.298 e. The van der Waals surface area contributed by atoms with E-state index in [-0.39, 0.29) is 12.4 Å². The van der Waals surface area contributed by atoms with Gasteiger partial charge in [0.1, 0.15) is 0 Å². The van der Waals surface area contributed by atoms with Gasteiger partial charge in [0.25, 0.3) is 0 Å².